The molecule has 1 aromatic carbocycles. The molecule has 1 amide bonds. The van der Waals surface area contributed by atoms with Crippen molar-refractivity contribution in [1.82, 2.24) is 4.90 Å². The van der Waals surface area contributed by atoms with Crippen LogP contribution in [0, 0.1) is 6.92 Å². The van der Waals surface area contributed by atoms with Crippen molar-refractivity contribution in [3.63, 3.8) is 0 Å². The van der Waals surface area contributed by atoms with E-state index in [9.17, 15) is 18.0 Å². The number of carbonyl (C=O) groups excluding carboxylic acids is 1. The van der Waals surface area contributed by atoms with Crippen LogP contribution in [0.4, 0.5) is 0 Å². The first-order valence-electron chi connectivity index (χ1n) is 7.36. The summed E-state index contributed by atoms with van der Waals surface area (Å²) in [6.45, 7) is 2.31. The Morgan fingerprint density at radius 2 is 1.91 bits per heavy atom. The van der Waals surface area contributed by atoms with E-state index >= 15 is 0 Å². The Kier molecular flexibility index (Phi) is 3.97. The monoisotopic (exact) mass is 335 g/mol. The van der Waals surface area contributed by atoms with Crippen molar-refractivity contribution >= 4 is 26.7 Å². The van der Waals surface area contributed by atoms with Gasteiger partial charge in [0.2, 0.25) is 5.91 Å². The van der Waals surface area contributed by atoms with Gasteiger partial charge in [0, 0.05) is 24.5 Å². The number of aryl methyl sites for hydroxylation is 1. The Balaban J connectivity index is 1.87. The topological polar surface area (TPSA) is 84.7 Å². The van der Waals surface area contributed by atoms with Crippen molar-refractivity contribution < 1.29 is 17.6 Å². The molecule has 3 rings (SSSR count). The lowest BCUT2D eigenvalue weighted by Crippen LogP contribution is -2.44. The number of fused-ring (bicyclic) bond motifs is 1. The SMILES string of the molecule is Cc1ccc2c(CC(=O)N3CCS(=O)(=O)CC3)cc(=O)oc2c1. The number of benzene rings is 1. The molecular weight excluding hydrogens is 318 g/mol. The molecule has 2 aromatic rings. The van der Waals surface area contributed by atoms with Crippen LogP contribution < -0.4 is 5.63 Å². The molecule has 1 fully saturated rings. The third kappa shape index (κ3) is 3.44. The van der Waals surface area contributed by atoms with Crippen molar-refractivity contribution in [3.05, 3.63) is 45.8 Å². The van der Waals surface area contributed by atoms with Crippen LogP contribution in [0.1, 0.15) is 11.1 Å². The highest BCUT2D eigenvalue weighted by Crippen LogP contribution is 2.19. The van der Waals surface area contributed by atoms with Crippen LogP contribution in [-0.4, -0.2) is 43.8 Å². The van der Waals surface area contributed by atoms with Crippen LogP contribution in [0.2, 0.25) is 0 Å². The number of hydrogen-bond donors (Lipinski definition) is 0. The zero-order valence-corrected chi connectivity index (χ0v) is 13.6. The molecule has 0 N–H and O–H groups in total. The maximum Gasteiger partial charge on any atom is 0.336 e. The lowest BCUT2D eigenvalue weighted by atomic mass is 10.0. The van der Waals surface area contributed by atoms with E-state index in [4.69, 9.17) is 4.42 Å². The number of carbonyl (C=O) groups is 1. The first-order valence-corrected chi connectivity index (χ1v) is 9.18. The zero-order valence-electron chi connectivity index (χ0n) is 12.7. The maximum atomic E-state index is 12.4. The van der Waals surface area contributed by atoms with Crippen LogP contribution in [-0.2, 0) is 21.1 Å². The first kappa shape index (κ1) is 15.7. The zero-order chi connectivity index (χ0) is 16.6. The van der Waals surface area contributed by atoms with Crippen LogP contribution in [0.5, 0.6) is 0 Å². The smallest absolute Gasteiger partial charge is 0.336 e. The molecule has 1 aliphatic rings. The van der Waals surface area contributed by atoms with Gasteiger partial charge in [-0.15, -0.1) is 0 Å². The summed E-state index contributed by atoms with van der Waals surface area (Å²) in [5.41, 5.74) is 1.54. The van der Waals surface area contributed by atoms with Gasteiger partial charge in [-0.05, 0) is 24.1 Å². The molecule has 122 valence electrons. The fourth-order valence-corrected chi connectivity index (χ4v) is 3.92. The van der Waals surface area contributed by atoms with Gasteiger partial charge < -0.3 is 9.32 Å². The molecule has 0 bridgehead atoms. The third-order valence-corrected chi connectivity index (χ3v) is 5.63. The molecule has 1 saturated heterocycles. The Morgan fingerprint density at radius 3 is 2.61 bits per heavy atom. The highest BCUT2D eigenvalue weighted by atomic mass is 32.2. The average Bonchev–Trinajstić information content (AvgIpc) is 2.46. The van der Waals surface area contributed by atoms with Crippen molar-refractivity contribution in [2.24, 2.45) is 0 Å². The molecule has 0 radical (unpaired) electrons. The van der Waals surface area contributed by atoms with E-state index < -0.39 is 15.5 Å². The molecule has 0 aliphatic carbocycles. The average molecular weight is 335 g/mol. The fourth-order valence-electron chi connectivity index (χ4n) is 2.72. The van der Waals surface area contributed by atoms with Gasteiger partial charge in [0.25, 0.3) is 0 Å². The summed E-state index contributed by atoms with van der Waals surface area (Å²) in [5, 5.41) is 0.730. The minimum atomic E-state index is -3.03. The number of hydrogen-bond acceptors (Lipinski definition) is 5. The van der Waals surface area contributed by atoms with Crippen LogP contribution in [0.3, 0.4) is 0 Å². The maximum absolute atomic E-state index is 12.4. The minimum absolute atomic E-state index is 0.00435. The lowest BCUT2D eigenvalue weighted by Gasteiger charge is -2.26. The molecular formula is C16H17NO5S. The van der Waals surface area contributed by atoms with Crippen molar-refractivity contribution in [3.8, 4) is 0 Å². The number of rotatable bonds is 2. The molecule has 0 unspecified atom stereocenters. The summed E-state index contributed by atoms with van der Waals surface area (Å²) >= 11 is 0. The van der Waals surface area contributed by atoms with E-state index in [-0.39, 0.29) is 36.9 Å². The molecule has 6 nitrogen and oxygen atoms in total. The second-order valence-electron chi connectivity index (χ2n) is 5.80. The summed E-state index contributed by atoms with van der Waals surface area (Å²) in [4.78, 5) is 25.6. The summed E-state index contributed by atoms with van der Waals surface area (Å²) in [6.07, 6.45) is 0.0607. The molecule has 23 heavy (non-hydrogen) atoms. The summed E-state index contributed by atoms with van der Waals surface area (Å²) in [5.74, 6) is -0.182. The predicted octanol–water partition coefficient (Wildman–Crippen LogP) is 0.901. The van der Waals surface area contributed by atoms with Gasteiger partial charge in [0.05, 0.1) is 17.9 Å². The second kappa shape index (κ2) is 5.81. The van der Waals surface area contributed by atoms with Gasteiger partial charge in [0.1, 0.15) is 5.58 Å². The third-order valence-electron chi connectivity index (χ3n) is 4.02. The Morgan fingerprint density at radius 1 is 1.22 bits per heavy atom. The van der Waals surface area contributed by atoms with Crippen molar-refractivity contribution in [2.45, 2.75) is 13.3 Å². The first-order chi connectivity index (χ1) is 10.8. The second-order valence-corrected chi connectivity index (χ2v) is 8.10. The van der Waals surface area contributed by atoms with E-state index in [1.54, 1.807) is 6.07 Å². The van der Waals surface area contributed by atoms with Crippen LogP contribution in [0.25, 0.3) is 11.0 Å². The lowest BCUT2D eigenvalue weighted by molar-refractivity contribution is -0.130. The highest BCUT2D eigenvalue weighted by molar-refractivity contribution is 7.91. The van der Waals surface area contributed by atoms with E-state index in [0.29, 0.717) is 11.1 Å². The fraction of sp³-hybridized carbons (Fsp3) is 0.375. The van der Waals surface area contributed by atoms with E-state index in [2.05, 4.69) is 0 Å². The molecule has 1 aromatic heterocycles. The van der Waals surface area contributed by atoms with Gasteiger partial charge >= 0.3 is 5.63 Å². The molecule has 0 atom stereocenters. The largest absolute Gasteiger partial charge is 0.423 e. The molecule has 0 saturated carbocycles. The molecule has 2 heterocycles. The van der Waals surface area contributed by atoms with Crippen LogP contribution >= 0.6 is 0 Å². The van der Waals surface area contributed by atoms with Gasteiger partial charge in [-0.25, -0.2) is 13.2 Å². The van der Waals surface area contributed by atoms with Gasteiger partial charge in [-0.3, -0.25) is 4.79 Å². The number of amides is 1. The minimum Gasteiger partial charge on any atom is -0.423 e. The molecule has 0 spiro atoms. The number of sulfone groups is 1. The summed E-state index contributed by atoms with van der Waals surface area (Å²) in [7, 11) is -3.03. The van der Waals surface area contributed by atoms with Crippen molar-refractivity contribution in [1.29, 1.82) is 0 Å². The Labute approximate surface area is 133 Å². The quantitative estimate of drug-likeness (QED) is 0.761. The molecule has 1 aliphatic heterocycles. The Hall–Kier alpha value is -2.15. The van der Waals surface area contributed by atoms with Gasteiger partial charge in [0.15, 0.2) is 9.84 Å². The summed E-state index contributed by atoms with van der Waals surface area (Å²) < 4.78 is 28.1. The Bertz CT molecular complexity index is 915. The van der Waals surface area contributed by atoms with Gasteiger partial charge in [-0.2, -0.15) is 0 Å². The normalized spacial score (nSPS) is 17.3. The molecule has 7 heteroatoms. The predicted molar refractivity (Wildman–Crippen MR) is 86.2 cm³/mol. The van der Waals surface area contributed by atoms with Crippen LogP contribution in [0.15, 0.2) is 33.5 Å². The highest BCUT2D eigenvalue weighted by Gasteiger charge is 2.25. The van der Waals surface area contributed by atoms with E-state index in [1.807, 2.05) is 19.1 Å². The standard InChI is InChI=1S/C16H17NO5S/c1-11-2-3-13-12(10-16(19)22-14(13)8-11)9-15(18)17-4-6-23(20,21)7-5-17/h2-3,8,10H,4-7,9H2,1H3. The summed E-state index contributed by atoms with van der Waals surface area (Å²) in [6, 6.07) is 6.81. The van der Waals surface area contributed by atoms with E-state index in [1.165, 1.54) is 11.0 Å². The van der Waals surface area contributed by atoms with Gasteiger partial charge in [-0.1, -0.05) is 12.1 Å². The van der Waals surface area contributed by atoms with E-state index in [0.717, 1.165) is 10.9 Å². The van der Waals surface area contributed by atoms with Crippen molar-refractivity contribution in [2.75, 3.05) is 24.6 Å². The number of nitrogens with zero attached hydrogens (tertiary/aromatic N) is 1.